The zero-order valence-electron chi connectivity index (χ0n) is 12.7. The molecule has 0 saturated heterocycles. The molecule has 0 fully saturated rings. The van der Waals surface area contributed by atoms with Crippen molar-refractivity contribution in [3.05, 3.63) is 30.3 Å². The number of rotatable bonds is 7. The van der Waals surface area contributed by atoms with Gasteiger partial charge in [-0.3, -0.25) is 4.99 Å². The molecule has 0 amide bonds. The molecule has 0 spiro atoms. The Hall–Kier alpha value is -0.980. The van der Waals surface area contributed by atoms with Gasteiger partial charge in [0.1, 0.15) is 0 Å². The van der Waals surface area contributed by atoms with E-state index in [0.717, 1.165) is 26.1 Å². The lowest BCUT2D eigenvalue weighted by Crippen LogP contribution is -2.37. The Morgan fingerprint density at radius 3 is 2.55 bits per heavy atom. The van der Waals surface area contributed by atoms with Gasteiger partial charge in [-0.25, -0.2) is 0 Å². The van der Waals surface area contributed by atoms with E-state index in [1.54, 1.807) is 0 Å². The zero-order valence-corrected chi connectivity index (χ0v) is 15.0. The number of nitrogens with two attached hydrogens (primary N) is 1. The highest BCUT2D eigenvalue weighted by Gasteiger charge is 1.99. The van der Waals surface area contributed by atoms with Gasteiger partial charge >= 0.3 is 0 Å². The third-order valence-corrected chi connectivity index (χ3v) is 2.94. The standard InChI is InChI=1S/C15H26N4.HI/c1-13(2)9-10-17-15(16)18-11-12-19(3)14-7-5-4-6-8-14;/h4-8,13H,9-12H2,1-3H3,(H3,16,17,18);1H. The van der Waals surface area contributed by atoms with Crippen LogP contribution in [0.25, 0.3) is 0 Å². The lowest BCUT2D eigenvalue weighted by molar-refractivity contribution is 0.595. The molecular formula is C15H27IN4. The molecule has 0 radical (unpaired) electrons. The number of benzene rings is 1. The predicted molar refractivity (Wildman–Crippen MR) is 99.1 cm³/mol. The molecule has 0 saturated carbocycles. The fourth-order valence-electron chi connectivity index (χ4n) is 1.66. The van der Waals surface area contributed by atoms with Gasteiger partial charge in [0, 0.05) is 32.4 Å². The van der Waals surface area contributed by atoms with Crippen molar-refractivity contribution in [2.24, 2.45) is 16.6 Å². The van der Waals surface area contributed by atoms with E-state index < -0.39 is 0 Å². The summed E-state index contributed by atoms with van der Waals surface area (Å²) in [5.74, 6) is 1.21. The van der Waals surface area contributed by atoms with Gasteiger partial charge in [0.25, 0.3) is 0 Å². The molecule has 3 N–H and O–H groups in total. The van der Waals surface area contributed by atoms with Crippen molar-refractivity contribution in [3.8, 4) is 0 Å². The third kappa shape index (κ3) is 8.24. The molecule has 0 aromatic heterocycles. The van der Waals surface area contributed by atoms with Crippen molar-refractivity contribution in [1.29, 1.82) is 0 Å². The lowest BCUT2D eigenvalue weighted by Gasteiger charge is -2.19. The molecule has 1 aromatic carbocycles. The molecule has 0 heterocycles. The molecular weight excluding hydrogens is 363 g/mol. The van der Waals surface area contributed by atoms with Crippen LogP contribution < -0.4 is 16.0 Å². The summed E-state index contributed by atoms with van der Waals surface area (Å²) in [7, 11) is 2.07. The molecule has 5 heteroatoms. The minimum Gasteiger partial charge on any atom is -0.373 e. The number of likely N-dealkylation sites (N-methyl/N-ethyl adjacent to an activating group) is 1. The second kappa shape index (κ2) is 10.8. The summed E-state index contributed by atoms with van der Waals surface area (Å²) in [6.07, 6.45) is 1.08. The number of guanidine groups is 1. The molecule has 4 nitrogen and oxygen atoms in total. The summed E-state index contributed by atoms with van der Waals surface area (Å²) in [6.45, 7) is 6.86. The average molecular weight is 390 g/mol. The molecule has 0 aliphatic carbocycles. The minimum absolute atomic E-state index is 0. The first kappa shape index (κ1) is 19.0. The number of hydrogen-bond acceptors (Lipinski definition) is 2. The van der Waals surface area contributed by atoms with E-state index in [9.17, 15) is 0 Å². The quantitative estimate of drug-likeness (QED) is 0.428. The highest BCUT2D eigenvalue weighted by Crippen LogP contribution is 2.09. The highest BCUT2D eigenvalue weighted by molar-refractivity contribution is 14.0. The smallest absolute Gasteiger partial charge is 0.188 e. The van der Waals surface area contributed by atoms with Crippen LogP contribution in [0.1, 0.15) is 20.3 Å². The van der Waals surface area contributed by atoms with E-state index >= 15 is 0 Å². The predicted octanol–water partition coefficient (Wildman–Crippen LogP) is 2.69. The molecule has 0 aliphatic heterocycles. The van der Waals surface area contributed by atoms with Crippen molar-refractivity contribution in [2.75, 3.05) is 31.6 Å². The molecule has 20 heavy (non-hydrogen) atoms. The van der Waals surface area contributed by atoms with E-state index in [1.807, 2.05) is 18.2 Å². The Morgan fingerprint density at radius 2 is 1.95 bits per heavy atom. The maximum atomic E-state index is 5.81. The summed E-state index contributed by atoms with van der Waals surface area (Å²) < 4.78 is 0. The Labute approximate surface area is 139 Å². The average Bonchev–Trinajstić information content (AvgIpc) is 2.39. The fourth-order valence-corrected chi connectivity index (χ4v) is 1.66. The van der Waals surface area contributed by atoms with E-state index in [1.165, 1.54) is 5.69 Å². The molecule has 0 unspecified atom stereocenters. The maximum absolute atomic E-state index is 5.81. The Kier molecular flexibility index (Phi) is 10.2. The molecule has 114 valence electrons. The van der Waals surface area contributed by atoms with Gasteiger partial charge in [-0.05, 0) is 24.5 Å². The van der Waals surface area contributed by atoms with Crippen LogP contribution in [-0.4, -0.2) is 32.6 Å². The Bertz CT molecular complexity index is 379. The molecule has 1 aromatic rings. The Morgan fingerprint density at radius 1 is 1.30 bits per heavy atom. The second-order valence-corrected chi connectivity index (χ2v) is 5.13. The van der Waals surface area contributed by atoms with E-state index in [-0.39, 0.29) is 24.0 Å². The number of nitrogens with zero attached hydrogens (tertiary/aromatic N) is 2. The van der Waals surface area contributed by atoms with Crippen LogP contribution in [0.3, 0.4) is 0 Å². The Balaban J connectivity index is 0.00000361. The zero-order chi connectivity index (χ0) is 14.1. The fraction of sp³-hybridized carbons (Fsp3) is 0.533. The number of anilines is 1. The lowest BCUT2D eigenvalue weighted by atomic mass is 10.1. The van der Waals surface area contributed by atoms with Crippen LogP contribution >= 0.6 is 24.0 Å². The number of nitrogens with one attached hydrogen (secondary N) is 1. The van der Waals surface area contributed by atoms with Crippen molar-refractivity contribution >= 4 is 35.6 Å². The second-order valence-electron chi connectivity index (χ2n) is 5.13. The van der Waals surface area contributed by atoms with Crippen LogP contribution in [-0.2, 0) is 0 Å². The van der Waals surface area contributed by atoms with Gasteiger partial charge in [-0.2, -0.15) is 0 Å². The van der Waals surface area contributed by atoms with Gasteiger partial charge < -0.3 is 16.0 Å². The maximum Gasteiger partial charge on any atom is 0.188 e. The van der Waals surface area contributed by atoms with Crippen molar-refractivity contribution in [1.82, 2.24) is 5.32 Å². The van der Waals surface area contributed by atoms with Crippen LogP contribution in [0.2, 0.25) is 0 Å². The first-order valence-electron chi connectivity index (χ1n) is 6.89. The van der Waals surface area contributed by atoms with E-state index in [0.29, 0.717) is 11.9 Å². The summed E-state index contributed by atoms with van der Waals surface area (Å²) in [5.41, 5.74) is 7.01. The number of para-hydroxylation sites is 1. The van der Waals surface area contributed by atoms with E-state index in [4.69, 9.17) is 5.73 Å². The number of aliphatic imine (C=N–C) groups is 1. The largest absolute Gasteiger partial charge is 0.373 e. The van der Waals surface area contributed by atoms with Gasteiger partial charge in [0.15, 0.2) is 5.96 Å². The van der Waals surface area contributed by atoms with Crippen LogP contribution in [0, 0.1) is 5.92 Å². The number of hydrogen-bond donors (Lipinski definition) is 2. The first-order valence-corrected chi connectivity index (χ1v) is 6.89. The van der Waals surface area contributed by atoms with Crippen LogP contribution in [0.4, 0.5) is 5.69 Å². The molecule has 0 bridgehead atoms. The summed E-state index contributed by atoms with van der Waals surface area (Å²) in [4.78, 5) is 6.49. The topological polar surface area (TPSA) is 53.6 Å². The van der Waals surface area contributed by atoms with Gasteiger partial charge in [0.2, 0.25) is 0 Å². The summed E-state index contributed by atoms with van der Waals surface area (Å²) >= 11 is 0. The first-order chi connectivity index (χ1) is 9.09. The summed E-state index contributed by atoms with van der Waals surface area (Å²) in [5, 5.41) is 3.14. The van der Waals surface area contributed by atoms with E-state index in [2.05, 4.69) is 48.2 Å². The van der Waals surface area contributed by atoms with Crippen molar-refractivity contribution in [3.63, 3.8) is 0 Å². The van der Waals surface area contributed by atoms with Crippen molar-refractivity contribution < 1.29 is 0 Å². The van der Waals surface area contributed by atoms with Gasteiger partial charge in [0.05, 0.1) is 0 Å². The minimum atomic E-state index is 0. The van der Waals surface area contributed by atoms with Crippen LogP contribution in [0.5, 0.6) is 0 Å². The summed E-state index contributed by atoms with van der Waals surface area (Å²) in [6, 6.07) is 10.3. The highest BCUT2D eigenvalue weighted by atomic mass is 127. The van der Waals surface area contributed by atoms with Crippen LogP contribution in [0.15, 0.2) is 35.3 Å². The molecule has 1 rings (SSSR count). The molecule has 0 aliphatic rings. The third-order valence-electron chi connectivity index (χ3n) is 2.94. The monoisotopic (exact) mass is 390 g/mol. The van der Waals surface area contributed by atoms with Gasteiger partial charge in [-0.15, -0.1) is 24.0 Å². The number of halogens is 1. The van der Waals surface area contributed by atoms with Gasteiger partial charge in [-0.1, -0.05) is 32.0 Å². The normalized spacial score (nSPS) is 11.1. The SMILES string of the molecule is CC(C)CCN=C(N)NCCN(C)c1ccccc1.I. The molecule has 0 atom stereocenters. The van der Waals surface area contributed by atoms with Crippen molar-refractivity contribution in [2.45, 2.75) is 20.3 Å².